The molecule has 1 saturated carbocycles. The molecule has 0 spiro atoms. The minimum atomic E-state index is -2.19. The van der Waals surface area contributed by atoms with Crippen LogP contribution in [-0.2, 0) is 6.42 Å². The van der Waals surface area contributed by atoms with Crippen molar-refractivity contribution >= 4 is 0 Å². The zero-order valence-corrected chi connectivity index (χ0v) is 11.7. The number of hydrogen-bond donors (Lipinski definition) is 0. The van der Waals surface area contributed by atoms with Gasteiger partial charge in [0.05, 0.1) is 0 Å². The SMILES string of the molecule is CC[C@H]1CC[C@H](c2ccc(CCC(F)F)cc2)CC1. The quantitative estimate of drug-likeness (QED) is 0.653. The maximum absolute atomic E-state index is 12.2. The van der Waals surface area contributed by atoms with Crippen molar-refractivity contribution in [3.8, 4) is 0 Å². The summed E-state index contributed by atoms with van der Waals surface area (Å²) in [4.78, 5) is 0. The van der Waals surface area contributed by atoms with Crippen molar-refractivity contribution in [2.45, 2.75) is 64.2 Å². The average Bonchev–Trinajstić information content (AvgIpc) is 2.46. The van der Waals surface area contributed by atoms with Crippen molar-refractivity contribution in [2.75, 3.05) is 0 Å². The molecule has 0 aromatic heterocycles. The van der Waals surface area contributed by atoms with E-state index in [1.807, 2.05) is 12.1 Å². The van der Waals surface area contributed by atoms with E-state index < -0.39 is 6.43 Å². The molecule has 0 saturated heterocycles. The average molecular weight is 266 g/mol. The monoisotopic (exact) mass is 266 g/mol. The zero-order chi connectivity index (χ0) is 13.7. The first-order valence-corrected chi connectivity index (χ1v) is 7.56. The fourth-order valence-corrected chi connectivity index (χ4v) is 3.14. The summed E-state index contributed by atoms with van der Waals surface area (Å²) >= 11 is 0. The maximum Gasteiger partial charge on any atom is 0.239 e. The molecule has 1 aromatic carbocycles. The van der Waals surface area contributed by atoms with Crippen LogP contribution in [0.3, 0.4) is 0 Å². The van der Waals surface area contributed by atoms with E-state index >= 15 is 0 Å². The van der Waals surface area contributed by atoms with Gasteiger partial charge in [0, 0.05) is 6.42 Å². The van der Waals surface area contributed by atoms with Crippen molar-refractivity contribution in [3.63, 3.8) is 0 Å². The van der Waals surface area contributed by atoms with Gasteiger partial charge in [-0.15, -0.1) is 0 Å². The molecule has 1 aliphatic carbocycles. The van der Waals surface area contributed by atoms with Gasteiger partial charge in [-0.3, -0.25) is 0 Å². The van der Waals surface area contributed by atoms with Crippen LogP contribution in [0.1, 0.15) is 62.5 Å². The Labute approximate surface area is 115 Å². The summed E-state index contributed by atoms with van der Waals surface area (Å²) in [5.74, 6) is 1.61. The second-order valence-corrected chi connectivity index (χ2v) is 5.80. The highest BCUT2D eigenvalue weighted by molar-refractivity contribution is 5.26. The molecule has 0 bridgehead atoms. The predicted octanol–water partition coefficient (Wildman–Crippen LogP) is 5.57. The van der Waals surface area contributed by atoms with Crippen molar-refractivity contribution in [3.05, 3.63) is 35.4 Å². The van der Waals surface area contributed by atoms with E-state index in [2.05, 4.69) is 19.1 Å². The normalized spacial score (nSPS) is 23.8. The molecular formula is C17H24F2. The molecule has 106 valence electrons. The summed E-state index contributed by atoms with van der Waals surface area (Å²) < 4.78 is 24.3. The van der Waals surface area contributed by atoms with E-state index in [0.29, 0.717) is 12.3 Å². The highest BCUT2D eigenvalue weighted by atomic mass is 19.3. The highest BCUT2D eigenvalue weighted by Gasteiger charge is 2.21. The minimum absolute atomic E-state index is 0.0268. The van der Waals surface area contributed by atoms with E-state index in [0.717, 1.165) is 11.5 Å². The van der Waals surface area contributed by atoms with E-state index in [4.69, 9.17) is 0 Å². The summed E-state index contributed by atoms with van der Waals surface area (Å²) in [6.45, 7) is 2.28. The Morgan fingerprint density at radius 3 is 2.21 bits per heavy atom. The number of benzene rings is 1. The lowest BCUT2D eigenvalue weighted by molar-refractivity contribution is 0.138. The van der Waals surface area contributed by atoms with Gasteiger partial charge in [0.1, 0.15) is 0 Å². The van der Waals surface area contributed by atoms with Crippen molar-refractivity contribution in [1.29, 1.82) is 0 Å². The van der Waals surface area contributed by atoms with Crippen molar-refractivity contribution in [1.82, 2.24) is 0 Å². The lowest BCUT2D eigenvalue weighted by atomic mass is 9.78. The summed E-state index contributed by atoms with van der Waals surface area (Å²) in [6.07, 6.45) is 4.83. The van der Waals surface area contributed by atoms with Crippen LogP contribution < -0.4 is 0 Å². The van der Waals surface area contributed by atoms with Gasteiger partial charge in [-0.1, -0.05) is 37.6 Å². The molecule has 1 aromatic rings. The van der Waals surface area contributed by atoms with Gasteiger partial charge >= 0.3 is 0 Å². The first-order chi connectivity index (χ1) is 9.19. The van der Waals surface area contributed by atoms with Crippen molar-refractivity contribution < 1.29 is 8.78 Å². The summed E-state index contributed by atoms with van der Waals surface area (Å²) in [5.41, 5.74) is 2.43. The molecule has 2 heteroatoms. The largest absolute Gasteiger partial charge is 0.239 e. The predicted molar refractivity (Wildman–Crippen MR) is 75.8 cm³/mol. The summed E-state index contributed by atoms with van der Waals surface area (Å²) in [7, 11) is 0. The molecule has 0 amide bonds. The lowest BCUT2D eigenvalue weighted by Crippen LogP contribution is -2.12. The molecule has 0 aliphatic heterocycles. The Kier molecular flexibility index (Phi) is 5.35. The van der Waals surface area contributed by atoms with Crippen LogP contribution in [0.25, 0.3) is 0 Å². The Bertz CT molecular complexity index is 361. The highest BCUT2D eigenvalue weighted by Crippen LogP contribution is 2.36. The number of aryl methyl sites for hydroxylation is 1. The van der Waals surface area contributed by atoms with Gasteiger partial charge in [-0.2, -0.15) is 0 Å². The number of rotatable bonds is 5. The molecule has 0 atom stereocenters. The van der Waals surface area contributed by atoms with E-state index in [1.165, 1.54) is 37.7 Å². The molecular weight excluding hydrogens is 242 g/mol. The maximum atomic E-state index is 12.2. The van der Waals surface area contributed by atoms with Gasteiger partial charge in [-0.05, 0) is 55.1 Å². The van der Waals surface area contributed by atoms with Gasteiger partial charge in [0.15, 0.2) is 0 Å². The Morgan fingerprint density at radius 2 is 1.68 bits per heavy atom. The van der Waals surface area contributed by atoms with Crippen LogP contribution in [-0.4, -0.2) is 6.43 Å². The van der Waals surface area contributed by atoms with Crippen LogP contribution in [0.15, 0.2) is 24.3 Å². The Hall–Kier alpha value is -0.920. The third-order valence-electron chi connectivity index (χ3n) is 4.53. The molecule has 0 radical (unpaired) electrons. The lowest BCUT2D eigenvalue weighted by Gasteiger charge is -2.28. The second-order valence-electron chi connectivity index (χ2n) is 5.80. The van der Waals surface area contributed by atoms with E-state index in [9.17, 15) is 8.78 Å². The third kappa shape index (κ3) is 4.29. The molecule has 2 rings (SSSR count). The number of alkyl halides is 2. The Morgan fingerprint density at radius 1 is 1.05 bits per heavy atom. The molecule has 19 heavy (non-hydrogen) atoms. The second kappa shape index (κ2) is 7.02. The molecule has 1 aliphatic rings. The van der Waals surface area contributed by atoms with E-state index in [1.54, 1.807) is 0 Å². The summed E-state index contributed by atoms with van der Waals surface area (Å²) in [5, 5.41) is 0. The molecule has 0 heterocycles. The van der Waals surface area contributed by atoms with Gasteiger partial charge in [-0.25, -0.2) is 8.78 Å². The third-order valence-corrected chi connectivity index (χ3v) is 4.53. The van der Waals surface area contributed by atoms with Crippen LogP contribution in [0.4, 0.5) is 8.78 Å². The zero-order valence-electron chi connectivity index (χ0n) is 11.7. The fraction of sp³-hybridized carbons (Fsp3) is 0.647. The first-order valence-electron chi connectivity index (χ1n) is 7.56. The van der Waals surface area contributed by atoms with Gasteiger partial charge in [0.25, 0.3) is 0 Å². The molecule has 0 N–H and O–H groups in total. The van der Waals surface area contributed by atoms with Crippen LogP contribution in [0.5, 0.6) is 0 Å². The minimum Gasteiger partial charge on any atom is -0.211 e. The molecule has 1 fully saturated rings. The number of hydrogen-bond acceptors (Lipinski definition) is 0. The smallest absolute Gasteiger partial charge is 0.211 e. The van der Waals surface area contributed by atoms with Gasteiger partial charge < -0.3 is 0 Å². The van der Waals surface area contributed by atoms with E-state index in [-0.39, 0.29) is 6.42 Å². The fourth-order valence-electron chi connectivity index (χ4n) is 3.14. The standard InChI is InChI=1S/C17H24F2/c1-2-13-3-8-15(9-4-13)16-10-5-14(6-11-16)7-12-17(18)19/h5-6,10-11,13,15,17H,2-4,7-9,12H2,1H3/t13-,15-. The van der Waals surface area contributed by atoms with Crippen molar-refractivity contribution in [2.24, 2.45) is 5.92 Å². The molecule has 0 nitrogen and oxygen atoms in total. The first kappa shape index (κ1) is 14.5. The van der Waals surface area contributed by atoms with Crippen LogP contribution in [0.2, 0.25) is 0 Å². The Balaban J connectivity index is 1.88. The molecule has 0 unspecified atom stereocenters. The number of halogens is 2. The topological polar surface area (TPSA) is 0 Å². The van der Waals surface area contributed by atoms with Crippen LogP contribution >= 0.6 is 0 Å². The van der Waals surface area contributed by atoms with Gasteiger partial charge in [0.2, 0.25) is 6.43 Å². The van der Waals surface area contributed by atoms with Crippen LogP contribution in [0, 0.1) is 5.92 Å². The summed E-state index contributed by atoms with van der Waals surface area (Å²) in [6, 6.07) is 8.36.